The van der Waals surface area contributed by atoms with Gasteiger partial charge in [0.25, 0.3) is 0 Å². The van der Waals surface area contributed by atoms with Crippen molar-refractivity contribution >= 4 is 8.07 Å². The number of hydrogen-bond donors (Lipinski definition) is 1. The highest BCUT2D eigenvalue weighted by atomic mass is 28.3. The molecule has 1 aromatic heterocycles. The minimum Gasteiger partial charge on any atom is -0.284 e. The van der Waals surface area contributed by atoms with E-state index in [0.717, 1.165) is 11.3 Å². The number of rotatable bonds is 0. The quantitative estimate of drug-likeness (QED) is 0.477. The van der Waals surface area contributed by atoms with Gasteiger partial charge >= 0.3 is 0 Å². The number of nitrogens with zero attached hydrogens (tertiary/aromatic N) is 1. The molecule has 1 N–H and O–H groups in total. The highest BCUT2D eigenvalue weighted by molar-refractivity contribution is 6.83. The Morgan fingerprint density at radius 1 is 1.42 bits per heavy atom. The maximum absolute atomic E-state index is 4.01. The Bertz CT molecular complexity index is 322. The molecule has 0 radical (unpaired) electrons. The number of aromatic amines is 1. The van der Waals surface area contributed by atoms with E-state index in [1.165, 1.54) is 0 Å². The number of hydrogen-bond acceptors (Lipinski definition) is 1. The fraction of sp³-hybridized carbons (Fsp3) is 0.444. The Morgan fingerprint density at radius 3 is 2.50 bits per heavy atom. The SMILES string of the molecule is Cc1n[nH]cc1C#C[Si](C)(C)C. The first-order valence-electron chi connectivity index (χ1n) is 4.02. The molecule has 0 aliphatic rings. The first-order valence-corrected chi connectivity index (χ1v) is 7.52. The van der Waals surface area contributed by atoms with Gasteiger partial charge in [0.1, 0.15) is 8.07 Å². The van der Waals surface area contributed by atoms with Crippen molar-refractivity contribution in [1.29, 1.82) is 0 Å². The zero-order valence-corrected chi connectivity index (χ0v) is 9.02. The van der Waals surface area contributed by atoms with E-state index in [1.54, 1.807) is 0 Å². The highest BCUT2D eigenvalue weighted by Crippen LogP contribution is 2.02. The lowest BCUT2D eigenvalue weighted by Crippen LogP contribution is -2.16. The standard InChI is InChI=1S/C9H14N2Si/c1-8-9(7-10-11-8)5-6-12(2,3)4/h7H,1-4H3,(H,10,11). The van der Waals surface area contributed by atoms with Crippen LogP contribution in [0.4, 0.5) is 0 Å². The number of aromatic nitrogens is 2. The summed E-state index contributed by atoms with van der Waals surface area (Å²) < 4.78 is 0. The van der Waals surface area contributed by atoms with Crippen molar-refractivity contribution in [2.75, 3.05) is 0 Å². The maximum atomic E-state index is 4.01. The normalized spacial score (nSPS) is 10.7. The molecule has 0 aliphatic carbocycles. The lowest BCUT2D eigenvalue weighted by molar-refractivity contribution is 1.05. The van der Waals surface area contributed by atoms with Crippen LogP contribution in [-0.4, -0.2) is 18.3 Å². The lowest BCUT2D eigenvalue weighted by Gasteiger charge is -2.02. The van der Waals surface area contributed by atoms with Crippen molar-refractivity contribution in [2.45, 2.75) is 26.6 Å². The van der Waals surface area contributed by atoms with Crippen LogP contribution in [-0.2, 0) is 0 Å². The molecule has 0 aromatic carbocycles. The van der Waals surface area contributed by atoms with Gasteiger partial charge in [0, 0.05) is 6.20 Å². The van der Waals surface area contributed by atoms with E-state index >= 15 is 0 Å². The summed E-state index contributed by atoms with van der Waals surface area (Å²) in [5.41, 5.74) is 5.31. The molecule has 0 atom stereocenters. The third-order valence-electron chi connectivity index (χ3n) is 1.40. The fourth-order valence-corrected chi connectivity index (χ4v) is 1.25. The van der Waals surface area contributed by atoms with Crippen LogP contribution in [0.3, 0.4) is 0 Å². The molecule has 0 amide bonds. The molecular weight excluding hydrogens is 164 g/mol. The van der Waals surface area contributed by atoms with E-state index in [0.29, 0.717) is 0 Å². The molecule has 0 bridgehead atoms. The molecular formula is C9H14N2Si. The van der Waals surface area contributed by atoms with Gasteiger partial charge in [0.2, 0.25) is 0 Å². The Labute approximate surface area is 74.4 Å². The van der Waals surface area contributed by atoms with E-state index in [4.69, 9.17) is 0 Å². The molecule has 0 aliphatic heterocycles. The second kappa shape index (κ2) is 3.16. The van der Waals surface area contributed by atoms with Crippen LogP contribution < -0.4 is 0 Å². The number of aryl methyl sites for hydroxylation is 1. The molecule has 0 saturated heterocycles. The van der Waals surface area contributed by atoms with Gasteiger partial charge in [-0.2, -0.15) is 5.10 Å². The van der Waals surface area contributed by atoms with Gasteiger partial charge in [0.05, 0.1) is 11.3 Å². The minimum atomic E-state index is -1.24. The minimum absolute atomic E-state index is 0.987. The summed E-state index contributed by atoms with van der Waals surface area (Å²) >= 11 is 0. The van der Waals surface area contributed by atoms with E-state index in [-0.39, 0.29) is 0 Å². The summed E-state index contributed by atoms with van der Waals surface area (Å²) in [6.45, 7) is 8.66. The van der Waals surface area contributed by atoms with Gasteiger partial charge in [-0.3, -0.25) is 5.10 Å². The summed E-state index contributed by atoms with van der Waals surface area (Å²) in [6.07, 6.45) is 1.85. The summed E-state index contributed by atoms with van der Waals surface area (Å²) in [7, 11) is -1.24. The van der Waals surface area contributed by atoms with Gasteiger partial charge in [-0.25, -0.2) is 0 Å². The molecule has 0 spiro atoms. The van der Waals surface area contributed by atoms with E-state index in [1.807, 2.05) is 13.1 Å². The molecule has 1 rings (SSSR count). The molecule has 0 saturated carbocycles. The Balaban J connectivity index is 2.87. The van der Waals surface area contributed by atoms with Crippen molar-refractivity contribution in [3.05, 3.63) is 17.5 Å². The molecule has 2 nitrogen and oxygen atoms in total. The first-order chi connectivity index (χ1) is 5.49. The monoisotopic (exact) mass is 178 g/mol. The van der Waals surface area contributed by atoms with Crippen LogP contribution in [0, 0.1) is 18.4 Å². The zero-order chi connectivity index (χ0) is 9.19. The van der Waals surface area contributed by atoms with Crippen LogP contribution >= 0.6 is 0 Å². The van der Waals surface area contributed by atoms with Crippen molar-refractivity contribution in [3.8, 4) is 11.5 Å². The Hall–Kier alpha value is -1.01. The molecule has 0 fully saturated rings. The van der Waals surface area contributed by atoms with Crippen molar-refractivity contribution in [1.82, 2.24) is 10.2 Å². The topological polar surface area (TPSA) is 28.7 Å². The average Bonchev–Trinajstić information content (AvgIpc) is 2.29. The predicted octanol–water partition coefficient (Wildman–Crippen LogP) is 1.95. The molecule has 64 valence electrons. The molecule has 12 heavy (non-hydrogen) atoms. The van der Waals surface area contributed by atoms with E-state index in [2.05, 4.69) is 41.3 Å². The lowest BCUT2D eigenvalue weighted by atomic mass is 10.3. The van der Waals surface area contributed by atoms with Crippen LogP contribution in [0.2, 0.25) is 19.6 Å². The van der Waals surface area contributed by atoms with Gasteiger partial charge in [0.15, 0.2) is 0 Å². The van der Waals surface area contributed by atoms with E-state index in [9.17, 15) is 0 Å². The number of H-pyrrole nitrogens is 1. The highest BCUT2D eigenvalue weighted by Gasteiger charge is 2.07. The third kappa shape index (κ3) is 2.55. The molecule has 3 heteroatoms. The summed E-state index contributed by atoms with van der Waals surface area (Å²) in [5.74, 6) is 3.15. The Kier molecular flexibility index (Phi) is 2.39. The van der Waals surface area contributed by atoms with Crippen LogP contribution in [0.15, 0.2) is 6.20 Å². The fourth-order valence-electron chi connectivity index (χ4n) is 0.740. The van der Waals surface area contributed by atoms with Crippen LogP contribution in [0.25, 0.3) is 0 Å². The summed E-state index contributed by atoms with van der Waals surface area (Å²) in [5, 5.41) is 6.80. The maximum Gasteiger partial charge on any atom is 0.129 e. The van der Waals surface area contributed by atoms with Crippen molar-refractivity contribution < 1.29 is 0 Å². The van der Waals surface area contributed by atoms with Gasteiger partial charge < -0.3 is 0 Å². The van der Waals surface area contributed by atoms with Gasteiger partial charge in [-0.05, 0) is 6.92 Å². The van der Waals surface area contributed by atoms with Crippen molar-refractivity contribution in [3.63, 3.8) is 0 Å². The summed E-state index contributed by atoms with van der Waals surface area (Å²) in [4.78, 5) is 0. The van der Waals surface area contributed by atoms with Crippen LogP contribution in [0.5, 0.6) is 0 Å². The smallest absolute Gasteiger partial charge is 0.129 e. The van der Waals surface area contributed by atoms with Crippen LogP contribution in [0.1, 0.15) is 11.3 Å². The predicted molar refractivity (Wildman–Crippen MR) is 53.5 cm³/mol. The second-order valence-electron chi connectivity index (χ2n) is 3.88. The zero-order valence-electron chi connectivity index (χ0n) is 8.02. The Morgan fingerprint density at radius 2 is 2.08 bits per heavy atom. The van der Waals surface area contributed by atoms with Gasteiger partial charge in [-0.1, -0.05) is 25.6 Å². The van der Waals surface area contributed by atoms with E-state index < -0.39 is 8.07 Å². The van der Waals surface area contributed by atoms with Gasteiger partial charge in [-0.15, -0.1) is 5.54 Å². The molecule has 1 heterocycles. The summed E-state index contributed by atoms with van der Waals surface area (Å²) in [6, 6.07) is 0. The second-order valence-corrected chi connectivity index (χ2v) is 8.63. The first kappa shape index (κ1) is 9.08. The largest absolute Gasteiger partial charge is 0.284 e. The third-order valence-corrected chi connectivity index (χ3v) is 2.28. The average molecular weight is 178 g/mol. The molecule has 1 aromatic rings. The van der Waals surface area contributed by atoms with Crippen molar-refractivity contribution in [2.24, 2.45) is 0 Å². The molecule has 0 unspecified atom stereocenters. The number of nitrogens with one attached hydrogen (secondary N) is 1.